The van der Waals surface area contributed by atoms with Crippen molar-refractivity contribution >= 4 is 22.2 Å². The van der Waals surface area contributed by atoms with Crippen molar-refractivity contribution < 1.29 is 13.6 Å². The van der Waals surface area contributed by atoms with E-state index in [0.29, 0.717) is 5.56 Å². The highest BCUT2D eigenvalue weighted by molar-refractivity contribution is 7.15. The number of aromatic nitrogens is 2. The summed E-state index contributed by atoms with van der Waals surface area (Å²) in [4.78, 5) is 19.8. The molecule has 29 heavy (non-hydrogen) atoms. The van der Waals surface area contributed by atoms with E-state index < -0.39 is 11.6 Å². The van der Waals surface area contributed by atoms with E-state index >= 15 is 0 Å². The fourth-order valence-electron chi connectivity index (χ4n) is 3.20. The van der Waals surface area contributed by atoms with Crippen LogP contribution in [0.2, 0.25) is 0 Å². The van der Waals surface area contributed by atoms with Gasteiger partial charge >= 0.3 is 0 Å². The zero-order valence-corrected chi connectivity index (χ0v) is 16.8. The SMILES string of the molecule is CC(c1ccc(F)c(F)c1)N(C)C(=O)Cc1csc2nc(-c3ccccc3)cn12. The molecule has 4 nitrogen and oxygen atoms in total. The molecule has 4 aromatic rings. The quantitative estimate of drug-likeness (QED) is 0.458. The fourth-order valence-corrected chi connectivity index (χ4v) is 4.07. The second kappa shape index (κ2) is 7.75. The van der Waals surface area contributed by atoms with Crippen molar-refractivity contribution in [1.82, 2.24) is 14.3 Å². The first kappa shape index (κ1) is 19.3. The van der Waals surface area contributed by atoms with Crippen molar-refractivity contribution in [1.29, 1.82) is 0 Å². The average Bonchev–Trinajstić information content (AvgIpc) is 3.31. The van der Waals surface area contributed by atoms with Gasteiger partial charge in [0.1, 0.15) is 0 Å². The average molecular weight is 411 g/mol. The second-order valence-corrected chi connectivity index (χ2v) is 7.74. The summed E-state index contributed by atoms with van der Waals surface area (Å²) in [6.45, 7) is 1.79. The molecule has 7 heteroatoms. The number of fused-ring (bicyclic) bond motifs is 1. The van der Waals surface area contributed by atoms with Gasteiger partial charge in [-0.1, -0.05) is 36.4 Å². The third-order valence-electron chi connectivity index (χ3n) is 5.09. The molecule has 0 aliphatic carbocycles. The summed E-state index contributed by atoms with van der Waals surface area (Å²) in [5.41, 5.74) is 3.26. The highest BCUT2D eigenvalue weighted by Crippen LogP contribution is 2.25. The molecule has 0 bridgehead atoms. The minimum Gasteiger partial charge on any atom is -0.339 e. The number of imidazole rings is 1. The zero-order valence-electron chi connectivity index (χ0n) is 16.0. The van der Waals surface area contributed by atoms with Crippen LogP contribution in [0, 0.1) is 11.6 Å². The molecule has 2 aromatic heterocycles. The summed E-state index contributed by atoms with van der Waals surface area (Å²) < 4.78 is 28.7. The molecule has 1 amide bonds. The number of amides is 1. The van der Waals surface area contributed by atoms with E-state index in [1.54, 1.807) is 18.9 Å². The molecule has 4 rings (SSSR count). The first-order chi connectivity index (χ1) is 13.9. The topological polar surface area (TPSA) is 37.6 Å². The van der Waals surface area contributed by atoms with Gasteiger partial charge in [0.2, 0.25) is 5.91 Å². The summed E-state index contributed by atoms with van der Waals surface area (Å²) >= 11 is 1.48. The van der Waals surface area contributed by atoms with E-state index in [2.05, 4.69) is 4.98 Å². The standard InChI is InChI=1S/C22H19F2N3OS/c1-14(16-8-9-18(23)19(24)10-16)26(2)21(28)11-17-13-29-22-25-20(12-27(17)22)15-6-4-3-5-7-15/h3-10,12-14H,11H2,1-2H3. The summed E-state index contributed by atoms with van der Waals surface area (Å²) in [5.74, 6) is -1.93. The number of hydrogen-bond acceptors (Lipinski definition) is 3. The molecule has 1 atom stereocenters. The third-order valence-corrected chi connectivity index (χ3v) is 5.97. The Bertz CT molecular complexity index is 1170. The van der Waals surface area contributed by atoms with Gasteiger partial charge in [-0.3, -0.25) is 9.20 Å². The number of halogens is 2. The summed E-state index contributed by atoms with van der Waals surface area (Å²) in [5, 5.41) is 1.92. The lowest BCUT2D eigenvalue weighted by Gasteiger charge is -2.25. The van der Waals surface area contributed by atoms with E-state index in [0.717, 1.165) is 34.0 Å². The predicted molar refractivity (Wildman–Crippen MR) is 110 cm³/mol. The van der Waals surface area contributed by atoms with E-state index in [1.165, 1.54) is 17.4 Å². The summed E-state index contributed by atoms with van der Waals surface area (Å²) in [6.07, 6.45) is 2.12. The number of hydrogen-bond donors (Lipinski definition) is 0. The van der Waals surface area contributed by atoms with Crippen molar-refractivity contribution in [2.24, 2.45) is 0 Å². The maximum Gasteiger partial charge on any atom is 0.228 e. The van der Waals surface area contributed by atoms with Crippen LogP contribution in [-0.4, -0.2) is 27.2 Å². The van der Waals surface area contributed by atoms with Gasteiger partial charge in [-0.05, 0) is 24.6 Å². The molecule has 0 aliphatic rings. The van der Waals surface area contributed by atoms with Gasteiger partial charge < -0.3 is 4.90 Å². The van der Waals surface area contributed by atoms with Gasteiger partial charge in [-0.2, -0.15) is 0 Å². The second-order valence-electron chi connectivity index (χ2n) is 6.90. The number of thiazole rings is 1. The van der Waals surface area contributed by atoms with E-state index in [-0.39, 0.29) is 18.4 Å². The van der Waals surface area contributed by atoms with Crippen LogP contribution < -0.4 is 0 Å². The van der Waals surface area contributed by atoms with E-state index in [1.807, 2.05) is 46.3 Å². The van der Waals surface area contributed by atoms with Crippen molar-refractivity contribution in [3.05, 3.63) is 83.0 Å². The molecule has 0 N–H and O–H groups in total. The Morgan fingerprint density at radius 1 is 1.17 bits per heavy atom. The zero-order chi connectivity index (χ0) is 20.5. The normalized spacial score (nSPS) is 12.3. The van der Waals surface area contributed by atoms with Gasteiger partial charge in [0.25, 0.3) is 0 Å². The first-order valence-corrected chi connectivity index (χ1v) is 10.0. The van der Waals surface area contributed by atoms with Crippen molar-refractivity contribution in [2.75, 3.05) is 7.05 Å². The van der Waals surface area contributed by atoms with Crippen LogP contribution in [0.1, 0.15) is 24.2 Å². The maximum atomic E-state index is 13.5. The molecule has 148 valence electrons. The van der Waals surface area contributed by atoms with Gasteiger partial charge in [0.15, 0.2) is 16.6 Å². The van der Waals surface area contributed by atoms with Crippen LogP contribution in [0.15, 0.2) is 60.1 Å². The van der Waals surface area contributed by atoms with E-state index in [9.17, 15) is 13.6 Å². The summed E-state index contributed by atoms with van der Waals surface area (Å²) in [7, 11) is 1.67. The fraction of sp³-hybridized carbons (Fsp3) is 0.182. The van der Waals surface area contributed by atoms with E-state index in [4.69, 9.17) is 0 Å². The molecule has 0 aliphatic heterocycles. The monoisotopic (exact) mass is 411 g/mol. The molecule has 1 unspecified atom stereocenters. The molecular formula is C22H19F2N3OS. The van der Waals surface area contributed by atoms with Crippen LogP contribution >= 0.6 is 11.3 Å². The van der Waals surface area contributed by atoms with Gasteiger partial charge in [-0.15, -0.1) is 11.3 Å². The molecule has 0 fully saturated rings. The van der Waals surface area contributed by atoms with Crippen molar-refractivity contribution in [3.63, 3.8) is 0 Å². The number of nitrogens with zero attached hydrogens (tertiary/aromatic N) is 3. The molecule has 0 saturated carbocycles. The van der Waals surface area contributed by atoms with Crippen LogP contribution in [0.25, 0.3) is 16.2 Å². The lowest BCUT2D eigenvalue weighted by molar-refractivity contribution is -0.131. The number of rotatable bonds is 5. The molecule has 2 heterocycles. The molecule has 0 saturated heterocycles. The number of carbonyl (C=O) groups excluding carboxylic acids is 1. The molecule has 2 aromatic carbocycles. The minimum atomic E-state index is -0.915. The Morgan fingerprint density at radius 3 is 2.66 bits per heavy atom. The van der Waals surface area contributed by atoms with Crippen LogP contribution in [0.5, 0.6) is 0 Å². The molecule has 0 radical (unpaired) electrons. The predicted octanol–water partition coefficient (Wildman–Crippen LogP) is 5.10. The largest absolute Gasteiger partial charge is 0.339 e. The lowest BCUT2D eigenvalue weighted by atomic mass is 10.1. The minimum absolute atomic E-state index is 0.114. The Kier molecular flexibility index (Phi) is 5.15. The van der Waals surface area contributed by atoms with Gasteiger partial charge in [0, 0.05) is 29.9 Å². The summed E-state index contributed by atoms with van der Waals surface area (Å²) in [6, 6.07) is 13.2. The number of carbonyl (C=O) groups is 1. The Morgan fingerprint density at radius 2 is 1.93 bits per heavy atom. The van der Waals surface area contributed by atoms with Crippen molar-refractivity contribution in [2.45, 2.75) is 19.4 Å². The van der Waals surface area contributed by atoms with Crippen LogP contribution in [-0.2, 0) is 11.2 Å². The smallest absolute Gasteiger partial charge is 0.228 e. The lowest BCUT2D eigenvalue weighted by Crippen LogP contribution is -2.31. The molecule has 0 spiro atoms. The van der Waals surface area contributed by atoms with Crippen molar-refractivity contribution in [3.8, 4) is 11.3 Å². The maximum absolute atomic E-state index is 13.5. The first-order valence-electron chi connectivity index (χ1n) is 9.15. The Balaban J connectivity index is 1.53. The third kappa shape index (κ3) is 3.78. The van der Waals surface area contributed by atoms with Gasteiger partial charge in [-0.25, -0.2) is 13.8 Å². The highest BCUT2D eigenvalue weighted by Gasteiger charge is 2.21. The number of likely N-dealkylation sites (N-methyl/N-ethyl adjacent to an activating group) is 1. The highest BCUT2D eigenvalue weighted by atomic mass is 32.1. The Hall–Kier alpha value is -3.06. The number of benzene rings is 2. The van der Waals surface area contributed by atoms with Crippen LogP contribution in [0.4, 0.5) is 8.78 Å². The van der Waals surface area contributed by atoms with Gasteiger partial charge in [0.05, 0.1) is 18.2 Å². The Labute approximate surface area is 171 Å². The molecular weight excluding hydrogens is 392 g/mol. The van der Waals surface area contributed by atoms with Crippen LogP contribution in [0.3, 0.4) is 0 Å².